The first-order valence-corrected chi connectivity index (χ1v) is 10.3. The summed E-state index contributed by atoms with van der Waals surface area (Å²) in [6.07, 6.45) is 3.01. The number of amides is 1. The minimum atomic E-state index is -0.221. The Bertz CT molecular complexity index is 1200. The number of anilines is 1. The summed E-state index contributed by atoms with van der Waals surface area (Å²) in [6, 6.07) is 18.8. The number of fused-ring (bicyclic) bond motifs is 3. The highest BCUT2D eigenvalue weighted by Crippen LogP contribution is 2.30. The van der Waals surface area contributed by atoms with E-state index in [4.69, 9.17) is 4.42 Å². The van der Waals surface area contributed by atoms with Gasteiger partial charge in [0.1, 0.15) is 11.4 Å². The van der Waals surface area contributed by atoms with Gasteiger partial charge in [-0.05, 0) is 53.4 Å². The average Bonchev–Trinajstić information content (AvgIpc) is 3.40. The molecule has 1 aromatic heterocycles. The van der Waals surface area contributed by atoms with Crippen LogP contribution in [0.5, 0.6) is 0 Å². The van der Waals surface area contributed by atoms with Gasteiger partial charge in [-0.2, -0.15) is 0 Å². The van der Waals surface area contributed by atoms with Crippen LogP contribution in [0.2, 0.25) is 0 Å². The first-order valence-electron chi connectivity index (χ1n) is 10.3. The normalized spacial score (nSPS) is 16.4. The van der Waals surface area contributed by atoms with Crippen LogP contribution in [0, 0.1) is 11.7 Å². The fourth-order valence-corrected chi connectivity index (χ4v) is 4.38. The van der Waals surface area contributed by atoms with Crippen molar-refractivity contribution in [3.8, 4) is 0 Å². The molecule has 0 bridgehead atoms. The van der Waals surface area contributed by atoms with Gasteiger partial charge < -0.3 is 14.6 Å². The van der Waals surface area contributed by atoms with Crippen LogP contribution in [-0.2, 0) is 11.2 Å². The van der Waals surface area contributed by atoms with Crippen molar-refractivity contribution in [2.45, 2.75) is 12.8 Å². The largest absolute Gasteiger partial charge is 0.464 e. The molecule has 5 heteroatoms. The molecule has 1 atom stereocenters. The van der Waals surface area contributed by atoms with Crippen molar-refractivity contribution in [3.63, 3.8) is 0 Å². The minimum absolute atomic E-state index is 0.00543. The molecule has 4 nitrogen and oxygen atoms in total. The summed E-state index contributed by atoms with van der Waals surface area (Å²) in [5.74, 6) is 0.174. The highest BCUT2D eigenvalue weighted by atomic mass is 19.1. The number of nitrogens with zero attached hydrogens (tertiary/aromatic N) is 1. The molecule has 5 rings (SSSR count). The lowest BCUT2D eigenvalue weighted by atomic mass is 10.0. The van der Waals surface area contributed by atoms with Crippen LogP contribution in [0.4, 0.5) is 10.1 Å². The lowest BCUT2D eigenvalue weighted by molar-refractivity contribution is -0.120. The summed E-state index contributed by atoms with van der Waals surface area (Å²) in [5.41, 5.74) is 2.75. The van der Waals surface area contributed by atoms with E-state index in [-0.39, 0.29) is 11.7 Å². The van der Waals surface area contributed by atoms with Crippen LogP contribution in [0.25, 0.3) is 21.7 Å². The quantitative estimate of drug-likeness (QED) is 0.516. The van der Waals surface area contributed by atoms with Crippen LogP contribution >= 0.6 is 0 Å². The van der Waals surface area contributed by atoms with Crippen LogP contribution in [0.3, 0.4) is 0 Å². The second-order valence-corrected chi connectivity index (χ2v) is 7.98. The van der Waals surface area contributed by atoms with E-state index in [2.05, 4.69) is 22.3 Å². The molecule has 0 spiro atoms. The van der Waals surface area contributed by atoms with Gasteiger partial charge in [0.05, 0.1) is 12.7 Å². The zero-order valence-electron chi connectivity index (χ0n) is 16.6. The Morgan fingerprint density at radius 2 is 1.93 bits per heavy atom. The summed E-state index contributed by atoms with van der Waals surface area (Å²) in [5, 5.41) is 6.36. The number of carbonyl (C=O) groups excluding carboxylic acids is 1. The fourth-order valence-electron chi connectivity index (χ4n) is 4.38. The van der Waals surface area contributed by atoms with Gasteiger partial charge in [0.25, 0.3) is 0 Å². The van der Waals surface area contributed by atoms with E-state index in [0.717, 1.165) is 52.5 Å². The summed E-state index contributed by atoms with van der Waals surface area (Å²) in [6.45, 7) is 2.43. The molecule has 1 amide bonds. The fraction of sp³-hybridized carbons (Fsp3) is 0.240. The van der Waals surface area contributed by atoms with Gasteiger partial charge in [-0.25, -0.2) is 4.39 Å². The first kappa shape index (κ1) is 18.7. The second-order valence-electron chi connectivity index (χ2n) is 7.98. The van der Waals surface area contributed by atoms with Crippen molar-refractivity contribution < 1.29 is 13.6 Å². The summed E-state index contributed by atoms with van der Waals surface area (Å²) >= 11 is 0. The zero-order chi connectivity index (χ0) is 20.5. The Morgan fingerprint density at radius 1 is 1.10 bits per heavy atom. The van der Waals surface area contributed by atoms with E-state index in [0.29, 0.717) is 18.9 Å². The molecule has 3 aromatic carbocycles. The number of rotatable bonds is 5. The standard InChI is InChI=1S/C25H23FN2O2/c26-20-6-8-21(9-7-20)28-12-11-17(15-28)14-27-24(29)13-19-16-30-23-10-5-18-3-1-2-4-22(18)25(19)23/h1-10,16-17H,11-15H2,(H,27,29). The number of halogens is 1. The Morgan fingerprint density at radius 3 is 2.80 bits per heavy atom. The van der Waals surface area contributed by atoms with Gasteiger partial charge in [0, 0.05) is 36.3 Å². The molecule has 4 aromatic rings. The molecule has 1 saturated heterocycles. The monoisotopic (exact) mass is 402 g/mol. The predicted octanol–water partition coefficient (Wildman–Crippen LogP) is 4.91. The Balaban J connectivity index is 1.22. The van der Waals surface area contributed by atoms with E-state index in [1.807, 2.05) is 36.4 Å². The smallest absolute Gasteiger partial charge is 0.224 e. The van der Waals surface area contributed by atoms with E-state index >= 15 is 0 Å². The van der Waals surface area contributed by atoms with Gasteiger partial charge in [-0.3, -0.25) is 4.79 Å². The number of furan rings is 1. The van der Waals surface area contributed by atoms with Crippen molar-refractivity contribution in [3.05, 3.63) is 78.3 Å². The lowest BCUT2D eigenvalue weighted by Gasteiger charge is -2.18. The molecule has 1 unspecified atom stereocenters. The molecular weight excluding hydrogens is 379 g/mol. The van der Waals surface area contributed by atoms with Crippen molar-refractivity contribution in [1.29, 1.82) is 0 Å². The maximum Gasteiger partial charge on any atom is 0.224 e. The zero-order valence-corrected chi connectivity index (χ0v) is 16.6. The maximum atomic E-state index is 13.1. The molecule has 30 heavy (non-hydrogen) atoms. The molecule has 2 heterocycles. The Kier molecular flexibility index (Phi) is 4.87. The van der Waals surface area contributed by atoms with Gasteiger partial charge in [-0.15, -0.1) is 0 Å². The molecule has 1 N–H and O–H groups in total. The lowest BCUT2D eigenvalue weighted by Crippen LogP contribution is -2.32. The summed E-state index contributed by atoms with van der Waals surface area (Å²) in [4.78, 5) is 14.9. The second kappa shape index (κ2) is 7.82. The van der Waals surface area contributed by atoms with Crippen LogP contribution in [0.1, 0.15) is 12.0 Å². The maximum absolute atomic E-state index is 13.1. The number of nitrogens with one attached hydrogen (secondary N) is 1. The van der Waals surface area contributed by atoms with Crippen molar-refractivity contribution in [2.24, 2.45) is 5.92 Å². The molecule has 0 radical (unpaired) electrons. The van der Waals surface area contributed by atoms with Gasteiger partial charge >= 0.3 is 0 Å². The molecule has 1 aliphatic heterocycles. The third-order valence-corrected chi connectivity index (χ3v) is 5.96. The number of benzene rings is 3. The summed E-state index contributed by atoms with van der Waals surface area (Å²) in [7, 11) is 0. The predicted molar refractivity (Wildman–Crippen MR) is 117 cm³/mol. The SMILES string of the molecule is O=C(Cc1coc2ccc3ccccc3c12)NCC1CCN(c2ccc(F)cc2)C1. The highest BCUT2D eigenvalue weighted by Gasteiger charge is 2.23. The Hall–Kier alpha value is -3.34. The van der Waals surface area contributed by atoms with Crippen LogP contribution in [0.15, 0.2) is 71.3 Å². The van der Waals surface area contributed by atoms with Crippen molar-refractivity contribution in [1.82, 2.24) is 5.32 Å². The molecule has 0 aliphatic carbocycles. The Labute approximate surface area is 174 Å². The van der Waals surface area contributed by atoms with E-state index in [9.17, 15) is 9.18 Å². The highest BCUT2D eigenvalue weighted by molar-refractivity contribution is 6.08. The van der Waals surface area contributed by atoms with Crippen LogP contribution in [-0.4, -0.2) is 25.5 Å². The molecule has 152 valence electrons. The molecule has 1 fully saturated rings. The van der Waals surface area contributed by atoms with E-state index in [1.165, 1.54) is 12.1 Å². The summed E-state index contributed by atoms with van der Waals surface area (Å²) < 4.78 is 18.8. The minimum Gasteiger partial charge on any atom is -0.464 e. The first-order chi connectivity index (χ1) is 14.7. The van der Waals surface area contributed by atoms with Crippen molar-refractivity contribution in [2.75, 3.05) is 24.5 Å². The molecule has 0 saturated carbocycles. The van der Waals surface area contributed by atoms with Gasteiger partial charge in [-0.1, -0.05) is 30.3 Å². The van der Waals surface area contributed by atoms with Crippen molar-refractivity contribution >= 4 is 33.3 Å². The third-order valence-electron chi connectivity index (χ3n) is 5.96. The molecule has 1 aliphatic rings. The van der Waals surface area contributed by atoms with Gasteiger partial charge in [0.15, 0.2) is 0 Å². The van der Waals surface area contributed by atoms with E-state index < -0.39 is 0 Å². The molecular formula is C25H23FN2O2. The number of hydrogen-bond acceptors (Lipinski definition) is 3. The topological polar surface area (TPSA) is 45.5 Å². The van der Waals surface area contributed by atoms with Gasteiger partial charge in [0.2, 0.25) is 5.91 Å². The average molecular weight is 402 g/mol. The number of carbonyl (C=O) groups is 1. The van der Waals surface area contributed by atoms with E-state index in [1.54, 1.807) is 6.26 Å². The third kappa shape index (κ3) is 3.63. The van der Waals surface area contributed by atoms with Crippen LogP contribution < -0.4 is 10.2 Å². The number of hydrogen-bond donors (Lipinski definition) is 1.